The van der Waals surface area contributed by atoms with E-state index in [1.54, 1.807) is 18.1 Å². The van der Waals surface area contributed by atoms with Crippen LogP contribution in [0.1, 0.15) is 37.7 Å². The van der Waals surface area contributed by atoms with E-state index < -0.39 is 6.04 Å². The van der Waals surface area contributed by atoms with Crippen molar-refractivity contribution in [2.45, 2.75) is 31.5 Å². The lowest BCUT2D eigenvalue weighted by atomic mass is 10.1. The van der Waals surface area contributed by atoms with Gasteiger partial charge in [0.05, 0.1) is 22.9 Å². The Kier molecular flexibility index (Phi) is 8.41. The second-order valence-corrected chi connectivity index (χ2v) is 11.4. The van der Waals surface area contributed by atoms with E-state index in [0.717, 1.165) is 30.8 Å². The largest absolute Gasteiger partial charge is 0.497 e. The molecule has 3 aromatic rings. The van der Waals surface area contributed by atoms with Crippen LogP contribution in [0.2, 0.25) is 0 Å². The summed E-state index contributed by atoms with van der Waals surface area (Å²) < 4.78 is 5.40. The van der Waals surface area contributed by atoms with Gasteiger partial charge in [0.2, 0.25) is 5.91 Å². The van der Waals surface area contributed by atoms with Crippen molar-refractivity contribution >= 4 is 40.4 Å². The number of methoxy groups -OCH3 is 1. The second kappa shape index (κ2) is 12.1. The third kappa shape index (κ3) is 5.77. The van der Waals surface area contributed by atoms with Crippen molar-refractivity contribution in [1.29, 1.82) is 0 Å². The fraction of sp³-hybridized carbons (Fsp3) is 0.393. The van der Waals surface area contributed by atoms with Gasteiger partial charge in [0.25, 0.3) is 11.8 Å². The molecule has 2 aliphatic heterocycles. The quantitative estimate of drug-likeness (QED) is 0.485. The van der Waals surface area contributed by atoms with E-state index in [9.17, 15) is 14.4 Å². The van der Waals surface area contributed by atoms with E-state index in [1.165, 1.54) is 22.7 Å². The Morgan fingerprint density at radius 3 is 2.55 bits per heavy atom. The van der Waals surface area contributed by atoms with Crippen LogP contribution in [0.4, 0.5) is 0 Å². The van der Waals surface area contributed by atoms with Gasteiger partial charge in [-0.2, -0.15) is 0 Å². The van der Waals surface area contributed by atoms with E-state index in [1.807, 2.05) is 63.0 Å². The highest BCUT2D eigenvalue weighted by atomic mass is 32.1. The third-order valence-electron chi connectivity index (χ3n) is 7.13. The number of nitrogens with zero attached hydrogens (tertiary/aromatic N) is 3. The Bertz CT molecular complexity index is 1240. The molecule has 2 unspecified atom stereocenters. The molecule has 2 aliphatic rings. The fourth-order valence-electron chi connectivity index (χ4n) is 5.19. The van der Waals surface area contributed by atoms with Gasteiger partial charge in [-0.3, -0.25) is 14.4 Å². The molecule has 2 fully saturated rings. The van der Waals surface area contributed by atoms with Crippen LogP contribution in [0, 0.1) is 0 Å². The molecule has 5 rings (SSSR count). The zero-order chi connectivity index (χ0) is 26.5. The molecular formula is C28H32N4O4S2. The van der Waals surface area contributed by atoms with Crippen LogP contribution in [0.5, 0.6) is 5.75 Å². The van der Waals surface area contributed by atoms with Crippen LogP contribution in [-0.2, 0) is 11.3 Å². The van der Waals surface area contributed by atoms with Crippen molar-refractivity contribution in [3.05, 3.63) is 74.6 Å². The topological polar surface area (TPSA) is 82.2 Å². The SMILES string of the molecule is COc1cccc(CN(C(=O)c2cccs2)C2CC(C(=O)N3CCCNCC3)N(C(=O)c3cccs3)C2)c1. The minimum absolute atomic E-state index is 0.0361. The molecule has 1 N–H and O–H groups in total. The van der Waals surface area contributed by atoms with Crippen molar-refractivity contribution in [3.8, 4) is 5.75 Å². The average Bonchev–Trinajstić information content (AvgIpc) is 3.71. The van der Waals surface area contributed by atoms with Crippen molar-refractivity contribution < 1.29 is 19.1 Å². The molecule has 4 heterocycles. The minimum Gasteiger partial charge on any atom is -0.497 e. The highest BCUT2D eigenvalue weighted by Crippen LogP contribution is 2.30. The summed E-state index contributed by atoms with van der Waals surface area (Å²) in [6.45, 7) is 3.55. The fourth-order valence-corrected chi connectivity index (χ4v) is 6.55. The molecule has 2 saturated heterocycles. The lowest BCUT2D eigenvalue weighted by Crippen LogP contribution is -2.48. The lowest BCUT2D eigenvalue weighted by Gasteiger charge is -2.29. The molecule has 0 bridgehead atoms. The normalized spacial score (nSPS) is 19.7. The summed E-state index contributed by atoms with van der Waals surface area (Å²) in [5.74, 6) is 0.433. The first-order valence-corrected chi connectivity index (χ1v) is 14.6. The van der Waals surface area contributed by atoms with Gasteiger partial charge in [0.1, 0.15) is 11.8 Å². The maximum atomic E-state index is 13.8. The van der Waals surface area contributed by atoms with Gasteiger partial charge < -0.3 is 24.8 Å². The molecule has 200 valence electrons. The Morgan fingerprint density at radius 2 is 1.82 bits per heavy atom. The first-order valence-electron chi connectivity index (χ1n) is 12.9. The molecule has 3 amide bonds. The summed E-state index contributed by atoms with van der Waals surface area (Å²) in [6.07, 6.45) is 1.28. The molecule has 0 radical (unpaired) electrons. The molecule has 8 nitrogen and oxygen atoms in total. The number of carbonyl (C=O) groups is 3. The summed E-state index contributed by atoms with van der Waals surface area (Å²) in [4.78, 5) is 47.9. The number of ether oxygens (including phenoxy) is 1. The predicted molar refractivity (Wildman–Crippen MR) is 149 cm³/mol. The average molecular weight is 553 g/mol. The Hall–Kier alpha value is -3.21. The number of nitrogens with one attached hydrogen (secondary N) is 1. The molecular weight excluding hydrogens is 520 g/mol. The van der Waals surface area contributed by atoms with Gasteiger partial charge in [-0.1, -0.05) is 24.3 Å². The molecule has 0 spiro atoms. The van der Waals surface area contributed by atoms with Crippen molar-refractivity contribution in [1.82, 2.24) is 20.0 Å². The van der Waals surface area contributed by atoms with Crippen molar-refractivity contribution in [2.24, 2.45) is 0 Å². The van der Waals surface area contributed by atoms with Crippen LogP contribution in [0.25, 0.3) is 0 Å². The van der Waals surface area contributed by atoms with Gasteiger partial charge in [-0.15, -0.1) is 22.7 Å². The molecule has 10 heteroatoms. The molecule has 0 aliphatic carbocycles. The Balaban J connectivity index is 1.46. The van der Waals surface area contributed by atoms with Gasteiger partial charge in [-0.05, 0) is 60.0 Å². The van der Waals surface area contributed by atoms with E-state index in [4.69, 9.17) is 4.74 Å². The van der Waals surface area contributed by atoms with Gasteiger partial charge >= 0.3 is 0 Å². The van der Waals surface area contributed by atoms with E-state index in [2.05, 4.69) is 5.32 Å². The minimum atomic E-state index is -0.614. The zero-order valence-corrected chi connectivity index (χ0v) is 23.0. The zero-order valence-electron chi connectivity index (χ0n) is 21.4. The first-order chi connectivity index (χ1) is 18.5. The third-order valence-corrected chi connectivity index (χ3v) is 8.85. The molecule has 1 aromatic carbocycles. The first kappa shape index (κ1) is 26.4. The standard InChI is InChI=1S/C28H32N4O4S2/c1-36-22-7-2-6-20(16-22)18-31(27(34)24-8-3-14-37-24)21-17-23(26(33)30-12-5-10-29-11-13-30)32(19-21)28(35)25-9-4-15-38-25/h2-4,6-9,14-16,21,23,29H,5,10-13,17-19H2,1H3. The van der Waals surface area contributed by atoms with E-state index >= 15 is 0 Å². The summed E-state index contributed by atoms with van der Waals surface area (Å²) in [5.41, 5.74) is 0.929. The summed E-state index contributed by atoms with van der Waals surface area (Å²) in [7, 11) is 1.62. The number of thiophene rings is 2. The Labute approximate surface area is 230 Å². The van der Waals surface area contributed by atoms with Crippen LogP contribution < -0.4 is 10.1 Å². The summed E-state index contributed by atoms with van der Waals surface area (Å²) in [5, 5.41) is 7.09. The van der Waals surface area contributed by atoms with E-state index in [0.29, 0.717) is 42.4 Å². The van der Waals surface area contributed by atoms with Crippen LogP contribution in [0.3, 0.4) is 0 Å². The lowest BCUT2D eigenvalue weighted by molar-refractivity contribution is -0.135. The number of likely N-dealkylation sites (tertiary alicyclic amines) is 1. The molecule has 0 saturated carbocycles. The molecule has 2 atom stereocenters. The number of rotatable bonds is 7. The van der Waals surface area contributed by atoms with Crippen LogP contribution >= 0.6 is 22.7 Å². The highest BCUT2D eigenvalue weighted by Gasteiger charge is 2.45. The van der Waals surface area contributed by atoms with Crippen LogP contribution in [-0.4, -0.2) is 84.3 Å². The van der Waals surface area contributed by atoms with Gasteiger partial charge in [-0.25, -0.2) is 0 Å². The van der Waals surface area contributed by atoms with Crippen molar-refractivity contribution in [3.63, 3.8) is 0 Å². The maximum Gasteiger partial charge on any atom is 0.264 e. The summed E-state index contributed by atoms with van der Waals surface area (Å²) in [6, 6.07) is 14.1. The molecule has 38 heavy (non-hydrogen) atoms. The van der Waals surface area contributed by atoms with Gasteiger partial charge in [0, 0.05) is 32.7 Å². The summed E-state index contributed by atoms with van der Waals surface area (Å²) >= 11 is 2.77. The van der Waals surface area contributed by atoms with Crippen molar-refractivity contribution in [2.75, 3.05) is 39.8 Å². The number of carbonyl (C=O) groups excluding carboxylic acids is 3. The second-order valence-electron chi connectivity index (χ2n) is 9.53. The number of hydrogen-bond acceptors (Lipinski definition) is 7. The van der Waals surface area contributed by atoms with Crippen LogP contribution in [0.15, 0.2) is 59.3 Å². The molecule has 2 aromatic heterocycles. The monoisotopic (exact) mass is 552 g/mol. The highest BCUT2D eigenvalue weighted by molar-refractivity contribution is 7.12. The predicted octanol–water partition coefficient (Wildman–Crippen LogP) is 3.57. The number of amides is 3. The number of benzene rings is 1. The maximum absolute atomic E-state index is 13.8. The number of hydrogen-bond donors (Lipinski definition) is 1. The Morgan fingerprint density at radius 1 is 1.03 bits per heavy atom. The van der Waals surface area contributed by atoms with E-state index in [-0.39, 0.29) is 23.8 Å². The van der Waals surface area contributed by atoms with Gasteiger partial charge in [0.15, 0.2) is 0 Å². The smallest absolute Gasteiger partial charge is 0.264 e.